The molecular formula is C16H23N3O2. The Balaban J connectivity index is 2.17. The average molecular weight is 289 g/mol. The molecule has 1 aliphatic heterocycles. The molecule has 1 aromatic rings. The monoisotopic (exact) mass is 289 g/mol. The van der Waals surface area contributed by atoms with Gasteiger partial charge in [-0.3, -0.25) is 9.59 Å². The Kier molecular flexibility index (Phi) is 4.21. The number of hydrogen-bond donors (Lipinski definition) is 2. The van der Waals surface area contributed by atoms with Gasteiger partial charge in [0.15, 0.2) is 0 Å². The van der Waals surface area contributed by atoms with Gasteiger partial charge in [-0.2, -0.15) is 0 Å². The number of anilines is 1. The maximum Gasteiger partial charge on any atom is 0.232 e. The molecule has 1 heterocycles. The minimum Gasteiger partial charge on any atom is -0.399 e. The standard InChI is InChI=1S/C16H23N3O2/c1-16(2,12-5-7-13(17)8-6-12)15(21)19-9-3-4-11(10-19)14(18)20/h5-8,11H,3-4,9-10,17H2,1-2H3,(H2,18,20). The van der Waals surface area contributed by atoms with Crippen LogP contribution in [-0.4, -0.2) is 29.8 Å². The summed E-state index contributed by atoms with van der Waals surface area (Å²) in [6, 6.07) is 7.35. The Hall–Kier alpha value is -2.04. The number of benzene rings is 1. The van der Waals surface area contributed by atoms with Crippen LogP contribution >= 0.6 is 0 Å². The fraction of sp³-hybridized carbons (Fsp3) is 0.500. The predicted molar refractivity (Wildman–Crippen MR) is 82.4 cm³/mol. The zero-order valence-electron chi connectivity index (χ0n) is 12.6. The van der Waals surface area contributed by atoms with Crippen LogP contribution in [0.4, 0.5) is 5.69 Å². The highest BCUT2D eigenvalue weighted by Gasteiger charge is 2.36. The van der Waals surface area contributed by atoms with E-state index in [9.17, 15) is 9.59 Å². The molecule has 114 valence electrons. The molecule has 1 atom stereocenters. The topological polar surface area (TPSA) is 89.4 Å². The normalized spacial score (nSPS) is 19.3. The molecule has 0 radical (unpaired) electrons. The van der Waals surface area contributed by atoms with E-state index in [1.165, 1.54) is 0 Å². The second kappa shape index (κ2) is 5.76. The minimum atomic E-state index is -0.646. The van der Waals surface area contributed by atoms with Gasteiger partial charge in [0.2, 0.25) is 11.8 Å². The first kappa shape index (κ1) is 15.4. The molecule has 0 aliphatic carbocycles. The lowest BCUT2D eigenvalue weighted by Gasteiger charge is -2.37. The Morgan fingerprint density at radius 2 is 1.86 bits per heavy atom. The fourth-order valence-electron chi connectivity index (χ4n) is 2.81. The summed E-state index contributed by atoms with van der Waals surface area (Å²) in [6.07, 6.45) is 1.58. The summed E-state index contributed by atoms with van der Waals surface area (Å²) in [5, 5.41) is 0. The Morgan fingerprint density at radius 1 is 1.24 bits per heavy atom. The predicted octanol–water partition coefficient (Wildman–Crippen LogP) is 1.27. The summed E-state index contributed by atoms with van der Waals surface area (Å²) >= 11 is 0. The van der Waals surface area contributed by atoms with Crippen LogP contribution in [-0.2, 0) is 15.0 Å². The second-order valence-corrected chi connectivity index (χ2v) is 6.24. The van der Waals surface area contributed by atoms with E-state index in [4.69, 9.17) is 11.5 Å². The van der Waals surface area contributed by atoms with Crippen LogP contribution in [0.15, 0.2) is 24.3 Å². The summed E-state index contributed by atoms with van der Waals surface area (Å²) in [5.74, 6) is -0.527. The molecule has 0 bridgehead atoms. The Labute approximate surface area is 125 Å². The Morgan fingerprint density at radius 3 is 2.43 bits per heavy atom. The summed E-state index contributed by atoms with van der Waals surface area (Å²) in [4.78, 5) is 25.9. The van der Waals surface area contributed by atoms with E-state index in [1.54, 1.807) is 17.0 Å². The molecule has 0 aromatic heterocycles. The highest BCUT2D eigenvalue weighted by molar-refractivity contribution is 5.88. The van der Waals surface area contributed by atoms with Crippen LogP contribution in [0.3, 0.4) is 0 Å². The van der Waals surface area contributed by atoms with Crippen LogP contribution in [0.25, 0.3) is 0 Å². The first-order valence-electron chi connectivity index (χ1n) is 7.27. The largest absolute Gasteiger partial charge is 0.399 e. The zero-order valence-corrected chi connectivity index (χ0v) is 12.6. The molecule has 2 amide bonds. The van der Waals surface area contributed by atoms with Gasteiger partial charge in [-0.15, -0.1) is 0 Å². The van der Waals surface area contributed by atoms with Crippen LogP contribution in [0.1, 0.15) is 32.3 Å². The highest BCUT2D eigenvalue weighted by atomic mass is 16.2. The zero-order chi connectivity index (χ0) is 15.6. The van der Waals surface area contributed by atoms with Crippen LogP contribution in [0.2, 0.25) is 0 Å². The minimum absolute atomic E-state index is 0.0261. The van der Waals surface area contributed by atoms with Gasteiger partial charge in [-0.25, -0.2) is 0 Å². The van der Waals surface area contributed by atoms with E-state index in [-0.39, 0.29) is 17.7 Å². The molecule has 1 aromatic carbocycles. The Bertz CT molecular complexity index is 537. The van der Waals surface area contributed by atoms with Gasteiger partial charge in [0.1, 0.15) is 0 Å². The van der Waals surface area contributed by atoms with Crippen LogP contribution in [0.5, 0.6) is 0 Å². The molecule has 1 unspecified atom stereocenters. The van der Waals surface area contributed by atoms with Gasteiger partial charge >= 0.3 is 0 Å². The van der Waals surface area contributed by atoms with E-state index in [1.807, 2.05) is 26.0 Å². The van der Waals surface area contributed by atoms with Gasteiger partial charge < -0.3 is 16.4 Å². The smallest absolute Gasteiger partial charge is 0.232 e. The molecule has 2 rings (SSSR count). The van der Waals surface area contributed by atoms with Gasteiger partial charge in [0.05, 0.1) is 11.3 Å². The fourth-order valence-corrected chi connectivity index (χ4v) is 2.81. The number of nitrogens with two attached hydrogens (primary N) is 2. The maximum absolute atomic E-state index is 12.8. The van der Waals surface area contributed by atoms with Crippen molar-refractivity contribution in [3.8, 4) is 0 Å². The van der Waals surface area contributed by atoms with E-state index in [0.717, 1.165) is 18.4 Å². The molecule has 0 saturated carbocycles. The van der Waals surface area contributed by atoms with Crippen molar-refractivity contribution >= 4 is 17.5 Å². The van der Waals surface area contributed by atoms with Crippen molar-refractivity contribution in [1.29, 1.82) is 0 Å². The first-order valence-corrected chi connectivity index (χ1v) is 7.27. The second-order valence-electron chi connectivity index (χ2n) is 6.24. The number of nitrogen functional groups attached to an aromatic ring is 1. The third-order valence-electron chi connectivity index (χ3n) is 4.28. The summed E-state index contributed by atoms with van der Waals surface area (Å²) in [7, 11) is 0. The van der Waals surface area contributed by atoms with E-state index in [2.05, 4.69) is 0 Å². The third kappa shape index (κ3) is 3.17. The molecule has 1 fully saturated rings. The van der Waals surface area contributed by atoms with Crippen LogP contribution in [0, 0.1) is 5.92 Å². The molecular weight excluding hydrogens is 266 g/mol. The number of nitrogens with zero attached hydrogens (tertiary/aromatic N) is 1. The quantitative estimate of drug-likeness (QED) is 0.821. The number of carbonyl (C=O) groups excluding carboxylic acids is 2. The number of primary amides is 1. The van der Waals surface area contributed by atoms with Crippen molar-refractivity contribution in [2.24, 2.45) is 11.7 Å². The van der Waals surface area contributed by atoms with Crippen molar-refractivity contribution in [2.45, 2.75) is 32.1 Å². The number of amides is 2. The summed E-state index contributed by atoms with van der Waals surface area (Å²) in [6.45, 7) is 4.90. The van der Waals surface area contributed by atoms with Gasteiger partial charge in [0, 0.05) is 18.8 Å². The number of piperidine rings is 1. The van der Waals surface area contributed by atoms with Crippen molar-refractivity contribution in [3.63, 3.8) is 0 Å². The average Bonchev–Trinajstić information content (AvgIpc) is 2.47. The molecule has 1 saturated heterocycles. The van der Waals surface area contributed by atoms with Gasteiger partial charge in [-0.05, 0) is 44.4 Å². The van der Waals surface area contributed by atoms with E-state index < -0.39 is 5.41 Å². The number of hydrogen-bond acceptors (Lipinski definition) is 3. The van der Waals surface area contributed by atoms with Crippen molar-refractivity contribution < 1.29 is 9.59 Å². The number of rotatable bonds is 3. The lowest BCUT2D eigenvalue weighted by molar-refractivity contribution is -0.139. The maximum atomic E-state index is 12.8. The number of likely N-dealkylation sites (tertiary alicyclic amines) is 1. The molecule has 1 aliphatic rings. The lowest BCUT2D eigenvalue weighted by Crippen LogP contribution is -2.50. The van der Waals surface area contributed by atoms with Crippen molar-refractivity contribution in [1.82, 2.24) is 4.90 Å². The van der Waals surface area contributed by atoms with E-state index >= 15 is 0 Å². The van der Waals surface area contributed by atoms with Crippen LogP contribution < -0.4 is 11.5 Å². The summed E-state index contributed by atoms with van der Waals surface area (Å²) in [5.41, 5.74) is 12.0. The molecule has 4 N–H and O–H groups in total. The SMILES string of the molecule is CC(C)(C(=O)N1CCCC(C(N)=O)C1)c1ccc(N)cc1. The van der Waals surface area contributed by atoms with Gasteiger partial charge in [-0.1, -0.05) is 12.1 Å². The van der Waals surface area contributed by atoms with Gasteiger partial charge in [0.25, 0.3) is 0 Å². The summed E-state index contributed by atoms with van der Waals surface area (Å²) < 4.78 is 0. The molecule has 0 spiro atoms. The molecule has 5 nitrogen and oxygen atoms in total. The molecule has 21 heavy (non-hydrogen) atoms. The third-order valence-corrected chi connectivity index (χ3v) is 4.28. The van der Waals surface area contributed by atoms with Crippen molar-refractivity contribution in [2.75, 3.05) is 18.8 Å². The first-order chi connectivity index (χ1) is 9.82. The molecule has 5 heteroatoms. The van der Waals surface area contributed by atoms with E-state index in [0.29, 0.717) is 18.8 Å². The lowest BCUT2D eigenvalue weighted by atomic mass is 9.82. The highest BCUT2D eigenvalue weighted by Crippen LogP contribution is 2.28. The number of carbonyl (C=O) groups is 2. The van der Waals surface area contributed by atoms with Crippen molar-refractivity contribution in [3.05, 3.63) is 29.8 Å².